The fraction of sp³-hybridized carbons (Fsp3) is 0.250. The second-order valence-corrected chi connectivity index (χ2v) is 2.43. The van der Waals surface area contributed by atoms with Gasteiger partial charge in [-0.05, 0) is 17.7 Å². The molecule has 0 fully saturated rings. The molecule has 0 aliphatic heterocycles. The lowest BCUT2D eigenvalue weighted by atomic mass is 10.1. The molecule has 1 rings (SSSR count). The Morgan fingerprint density at radius 2 is 1.82 bits per heavy atom. The van der Waals surface area contributed by atoms with Gasteiger partial charge in [0.25, 0.3) is 0 Å². The van der Waals surface area contributed by atoms with E-state index < -0.39 is 0 Å². The van der Waals surface area contributed by atoms with Crippen LogP contribution in [0.4, 0.5) is 0 Å². The molecular weight excluding hydrogens is 140 g/mol. The third-order valence-corrected chi connectivity index (χ3v) is 1.58. The van der Waals surface area contributed by atoms with Crippen molar-refractivity contribution in [3.8, 4) is 5.75 Å². The van der Waals surface area contributed by atoms with Gasteiger partial charge in [0.1, 0.15) is 5.75 Å². The van der Waals surface area contributed by atoms with Gasteiger partial charge in [-0.3, -0.25) is 0 Å². The number of hydrogen-bond donors (Lipinski definition) is 3. The first-order chi connectivity index (χ1) is 5.24. The fourth-order valence-corrected chi connectivity index (χ4v) is 0.858. The van der Waals surface area contributed by atoms with E-state index >= 15 is 0 Å². The van der Waals surface area contributed by atoms with E-state index in [2.05, 4.69) is 0 Å². The van der Waals surface area contributed by atoms with Crippen LogP contribution in [0.3, 0.4) is 0 Å². The highest BCUT2D eigenvalue weighted by Crippen LogP contribution is 2.13. The van der Waals surface area contributed by atoms with Crippen molar-refractivity contribution in [2.45, 2.75) is 6.04 Å². The van der Waals surface area contributed by atoms with Crippen LogP contribution in [-0.2, 0) is 0 Å². The van der Waals surface area contributed by atoms with Crippen molar-refractivity contribution in [1.82, 2.24) is 0 Å². The van der Waals surface area contributed by atoms with Crippen LogP contribution in [0.15, 0.2) is 24.3 Å². The normalized spacial score (nSPS) is 12.9. The summed E-state index contributed by atoms with van der Waals surface area (Å²) in [6.45, 7) is 0.421. The zero-order valence-corrected chi connectivity index (χ0v) is 6.20. The van der Waals surface area contributed by atoms with Gasteiger partial charge in [0.2, 0.25) is 0 Å². The average Bonchev–Trinajstić information content (AvgIpc) is 2.05. The van der Waals surface area contributed by atoms with Gasteiger partial charge in [0, 0.05) is 12.6 Å². The molecule has 1 aromatic rings. The highest BCUT2D eigenvalue weighted by molar-refractivity contribution is 5.27. The second-order valence-electron chi connectivity index (χ2n) is 2.43. The predicted molar refractivity (Wildman–Crippen MR) is 44.1 cm³/mol. The minimum Gasteiger partial charge on any atom is -0.508 e. The van der Waals surface area contributed by atoms with Crippen LogP contribution in [0.1, 0.15) is 11.6 Å². The molecular formula is C8H12N2O. The Bertz CT molecular complexity index is 220. The smallest absolute Gasteiger partial charge is 0.115 e. The molecule has 5 N–H and O–H groups in total. The lowest BCUT2D eigenvalue weighted by Gasteiger charge is -2.07. The van der Waals surface area contributed by atoms with Gasteiger partial charge in [-0.25, -0.2) is 0 Å². The van der Waals surface area contributed by atoms with Crippen molar-refractivity contribution < 1.29 is 5.11 Å². The Labute approximate surface area is 65.6 Å². The highest BCUT2D eigenvalue weighted by atomic mass is 16.3. The molecule has 0 aliphatic carbocycles. The molecule has 3 nitrogen and oxygen atoms in total. The third kappa shape index (κ3) is 1.93. The first kappa shape index (κ1) is 8.04. The summed E-state index contributed by atoms with van der Waals surface area (Å²) in [5.41, 5.74) is 11.9. The van der Waals surface area contributed by atoms with E-state index in [1.165, 1.54) is 0 Å². The molecule has 1 unspecified atom stereocenters. The Morgan fingerprint density at radius 1 is 1.27 bits per heavy atom. The monoisotopic (exact) mass is 152 g/mol. The first-order valence-electron chi connectivity index (χ1n) is 3.48. The molecule has 3 heteroatoms. The van der Waals surface area contributed by atoms with Crippen LogP contribution < -0.4 is 11.5 Å². The van der Waals surface area contributed by atoms with E-state index in [9.17, 15) is 0 Å². The molecule has 1 aromatic carbocycles. The fourth-order valence-electron chi connectivity index (χ4n) is 0.858. The van der Waals surface area contributed by atoms with Gasteiger partial charge in [0.05, 0.1) is 0 Å². The van der Waals surface area contributed by atoms with Crippen molar-refractivity contribution in [2.75, 3.05) is 6.54 Å². The highest BCUT2D eigenvalue weighted by Gasteiger charge is 2.01. The quantitative estimate of drug-likeness (QED) is 0.572. The molecule has 0 heterocycles. The molecule has 0 bridgehead atoms. The molecule has 0 aliphatic rings. The van der Waals surface area contributed by atoms with Crippen molar-refractivity contribution >= 4 is 0 Å². The van der Waals surface area contributed by atoms with Crippen LogP contribution >= 0.6 is 0 Å². The molecule has 1 atom stereocenters. The van der Waals surface area contributed by atoms with Crippen LogP contribution in [0.2, 0.25) is 0 Å². The first-order valence-corrected chi connectivity index (χ1v) is 3.48. The summed E-state index contributed by atoms with van der Waals surface area (Å²) in [6, 6.07) is 6.62. The summed E-state index contributed by atoms with van der Waals surface area (Å²) >= 11 is 0. The molecule has 11 heavy (non-hydrogen) atoms. The molecule has 0 aromatic heterocycles. The lowest BCUT2D eigenvalue weighted by Crippen LogP contribution is -2.20. The second kappa shape index (κ2) is 3.37. The number of phenolic OH excluding ortho intramolecular Hbond substituents is 1. The summed E-state index contributed by atoms with van der Waals surface area (Å²) in [4.78, 5) is 0. The molecule has 0 saturated heterocycles. The minimum absolute atomic E-state index is 0.129. The molecule has 0 spiro atoms. The summed E-state index contributed by atoms with van der Waals surface area (Å²) in [7, 11) is 0. The van der Waals surface area contributed by atoms with Gasteiger partial charge in [-0.2, -0.15) is 0 Å². The number of hydrogen-bond acceptors (Lipinski definition) is 3. The summed E-state index contributed by atoms with van der Waals surface area (Å²) < 4.78 is 0. The van der Waals surface area contributed by atoms with Crippen LogP contribution in [0.25, 0.3) is 0 Å². The molecule has 0 radical (unpaired) electrons. The van der Waals surface area contributed by atoms with Crippen molar-refractivity contribution in [2.24, 2.45) is 11.5 Å². The van der Waals surface area contributed by atoms with E-state index in [0.717, 1.165) is 5.56 Å². The standard InChI is InChI=1S/C8H12N2O/c9-5-8(10)6-1-3-7(11)4-2-6/h1-4,8,11H,5,9-10H2. The third-order valence-electron chi connectivity index (χ3n) is 1.58. The number of nitrogens with two attached hydrogens (primary N) is 2. The van der Waals surface area contributed by atoms with Crippen LogP contribution in [0.5, 0.6) is 5.75 Å². The zero-order valence-electron chi connectivity index (χ0n) is 6.20. The lowest BCUT2D eigenvalue weighted by molar-refractivity contribution is 0.475. The Morgan fingerprint density at radius 3 is 2.27 bits per heavy atom. The maximum Gasteiger partial charge on any atom is 0.115 e. The van der Waals surface area contributed by atoms with E-state index in [1.54, 1.807) is 24.3 Å². The van der Waals surface area contributed by atoms with Crippen LogP contribution in [-0.4, -0.2) is 11.7 Å². The number of rotatable bonds is 2. The maximum atomic E-state index is 8.94. The Kier molecular flexibility index (Phi) is 2.46. The molecule has 0 saturated carbocycles. The minimum atomic E-state index is -0.129. The topological polar surface area (TPSA) is 72.3 Å². The average molecular weight is 152 g/mol. The predicted octanol–water partition coefficient (Wildman–Crippen LogP) is 0.351. The summed E-state index contributed by atoms with van der Waals surface area (Å²) in [5, 5.41) is 8.94. The number of aromatic hydroxyl groups is 1. The van der Waals surface area contributed by atoms with E-state index in [1.807, 2.05) is 0 Å². The van der Waals surface area contributed by atoms with Gasteiger partial charge >= 0.3 is 0 Å². The molecule has 0 amide bonds. The van der Waals surface area contributed by atoms with Crippen molar-refractivity contribution in [3.63, 3.8) is 0 Å². The van der Waals surface area contributed by atoms with Gasteiger partial charge in [-0.15, -0.1) is 0 Å². The summed E-state index contributed by atoms with van der Waals surface area (Å²) in [6.07, 6.45) is 0. The summed E-state index contributed by atoms with van der Waals surface area (Å²) in [5.74, 6) is 0.248. The van der Waals surface area contributed by atoms with Gasteiger partial charge < -0.3 is 16.6 Å². The maximum absolute atomic E-state index is 8.94. The van der Waals surface area contributed by atoms with Crippen LogP contribution in [0, 0.1) is 0 Å². The van der Waals surface area contributed by atoms with E-state index in [4.69, 9.17) is 16.6 Å². The molecule has 60 valence electrons. The van der Waals surface area contributed by atoms with E-state index in [0.29, 0.717) is 6.54 Å². The van der Waals surface area contributed by atoms with Gasteiger partial charge in [0.15, 0.2) is 0 Å². The van der Waals surface area contributed by atoms with Gasteiger partial charge in [-0.1, -0.05) is 12.1 Å². The van der Waals surface area contributed by atoms with Crippen molar-refractivity contribution in [3.05, 3.63) is 29.8 Å². The Balaban J connectivity index is 2.81. The number of benzene rings is 1. The largest absolute Gasteiger partial charge is 0.508 e. The SMILES string of the molecule is NCC(N)c1ccc(O)cc1. The Hall–Kier alpha value is -1.06. The number of phenols is 1. The van der Waals surface area contributed by atoms with E-state index in [-0.39, 0.29) is 11.8 Å². The van der Waals surface area contributed by atoms with Crippen molar-refractivity contribution in [1.29, 1.82) is 0 Å². The zero-order chi connectivity index (χ0) is 8.27.